The number of rotatable bonds is 5. The molecule has 1 aromatic carbocycles. The van der Waals surface area contributed by atoms with E-state index in [2.05, 4.69) is 10.4 Å². The molecular weight excluding hydrogens is 324 g/mol. The van der Waals surface area contributed by atoms with E-state index in [9.17, 15) is 4.79 Å². The Hall–Kier alpha value is -1.85. The monoisotopic (exact) mass is 346 g/mol. The number of carbonyl (C=O) groups is 1. The summed E-state index contributed by atoms with van der Waals surface area (Å²) in [5.74, 6) is 0.604. The maximum Gasteiger partial charge on any atom is 0.257 e. The van der Waals surface area contributed by atoms with Crippen LogP contribution in [0.5, 0.6) is 0 Å². The molecule has 1 aromatic heterocycles. The summed E-state index contributed by atoms with van der Waals surface area (Å²) in [5, 5.41) is 8.24. The number of halogens is 1. The smallest absolute Gasteiger partial charge is 0.257 e. The Kier molecular flexibility index (Phi) is 5.53. The van der Waals surface area contributed by atoms with Crippen molar-refractivity contribution in [3.05, 3.63) is 52.8 Å². The molecule has 0 aliphatic carbocycles. The van der Waals surface area contributed by atoms with Crippen molar-refractivity contribution >= 4 is 17.5 Å². The molecule has 0 spiro atoms. The molecule has 1 amide bonds. The molecule has 1 aliphatic heterocycles. The van der Waals surface area contributed by atoms with E-state index in [0.29, 0.717) is 23.0 Å². The van der Waals surface area contributed by atoms with E-state index in [-0.39, 0.29) is 5.91 Å². The fourth-order valence-electron chi connectivity index (χ4n) is 3.25. The van der Waals surface area contributed by atoms with Crippen molar-refractivity contribution in [2.24, 2.45) is 5.92 Å². The van der Waals surface area contributed by atoms with Gasteiger partial charge in [-0.2, -0.15) is 5.10 Å². The van der Waals surface area contributed by atoms with Crippen LogP contribution in [0.25, 0.3) is 0 Å². The molecule has 128 valence electrons. The molecular formula is C18H23ClN4O. The first-order valence-corrected chi connectivity index (χ1v) is 8.75. The number of amides is 1. The summed E-state index contributed by atoms with van der Waals surface area (Å²) in [5.41, 5.74) is 1.64. The van der Waals surface area contributed by atoms with Crippen LogP contribution in [-0.4, -0.2) is 47.3 Å². The Morgan fingerprint density at radius 3 is 3.04 bits per heavy atom. The topological polar surface area (TPSA) is 50.2 Å². The Balaban J connectivity index is 1.66. The summed E-state index contributed by atoms with van der Waals surface area (Å²) in [6.45, 7) is 3.16. The summed E-state index contributed by atoms with van der Waals surface area (Å²) in [4.78, 5) is 14.7. The number of hydrogen-bond acceptors (Lipinski definition) is 3. The molecule has 6 heteroatoms. The fourth-order valence-corrected chi connectivity index (χ4v) is 3.44. The van der Waals surface area contributed by atoms with E-state index in [4.69, 9.17) is 11.6 Å². The zero-order valence-corrected chi connectivity index (χ0v) is 14.7. The Morgan fingerprint density at radius 1 is 1.42 bits per heavy atom. The van der Waals surface area contributed by atoms with Gasteiger partial charge in [-0.05, 0) is 44.0 Å². The van der Waals surface area contributed by atoms with E-state index in [1.807, 2.05) is 42.4 Å². The van der Waals surface area contributed by atoms with E-state index in [1.165, 1.54) is 6.42 Å². The highest BCUT2D eigenvalue weighted by Crippen LogP contribution is 2.19. The molecule has 0 radical (unpaired) electrons. The van der Waals surface area contributed by atoms with E-state index < -0.39 is 0 Å². The minimum absolute atomic E-state index is 0.0706. The highest BCUT2D eigenvalue weighted by atomic mass is 35.5. The molecule has 1 unspecified atom stereocenters. The van der Waals surface area contributed by atoms with Crippen LogP contribution in [0.2, 0.25) is 5.02 Å². The van der Waals surface area contributed by atoms with Crippen molar-refractivity contribution in [2.75, 3.05) is 26.7 Å². The molecule has 1 saturated heterocycles. The molecule has 1 aliphatic rings. The largest absolute Gasteiger partial charge is 0.338 e. The minimum atomic E-state index is 0.0706. The standard InChI is InChI=1S/C18H23ClN4O/c1-20-9-14-5-4-8-22(11-14)18(24)16-10-21-23(13-16)12-15-6-2-3-7-17(15)19/h2-3,6-7,10,13-14,20H,4-5,8-9,11-12H2,1H3. The molecule has 0 bridgehead atoms. The van der Waals surface area contributed by atoms with Crippen LogP contribution in [0.15, 0.2) is 36.7 Å². The lowest BCUT2D eigenvalue weighted by molar-refractivity contribution is 0.0674. The molecule has 24 heavy (non-hydrogen) atoms. The Bertz CT molecular complexity index is 698. The first-order chi connectivity index (χ1) is 11.7. The second-order valence-electron chi connectivity index (χ2n) is 6.34. The van der Waals surface area contributed by atoms with Gasteiger partial charge in [-0.25, -0.2) is 0 Å². The van der Waals surface area contributed by atoms with Gasteiger partial charge in [0.25, 0.3) is 5.91 Å². The average molecular weight is 347 g/mol. The molecule has 1 atom stereocenters. The fraction of sp³-hybridized carbons (Fsp3) is 0.444. The second-order valence-corrected chi connectivity index (χ2v) is 6.74. The number of likely N-dealkylation sites (tertiary alicyclic amines) is 1. The minimum Gasteiger partial charge on any atom is -0.338 e. The highest BCUT2D eigenvalue weighted by Gasteiger charge is 2.24. The van der Waals surface area contributed by atoms with E-state index in [0.717, 1.165) is 31.6 Å². The van der Waals surface area contributed by atoms with Gasteiger partial charge in [0.15, 0.2) is 0 Å². The summed E-state index contributed by atoms with van der Waals surface area (Å²) < 4.78 is 1.77. The van der Waals surface area contributed by atoms with E-state index >= 15 is 0 Å². The van der Waals surface area contributed by atoms with Crippen LogP contribution in [0.3, 0.4) is 0 Å². The predicted octanol–water partition coefficient (Wildman–Crippen LogP) is 2.66. The lowest BCUT2D eigenvalue weighted by Crippen LogP contribution is -2.42. The zero-order chi connectivity index (χ0) is 16.9. The summed E-state index contributed by atoms with van der Waals surface area (Å²) in [6.07, 6.45) is 5.70. The Morgan fingerprint density at radius 2 is 2.25 bits per heavy atom. The molecule has 5 nitrogen and oxygen atoms in total. The molecule has 2 heterocycles. The van der Waals surface area contributed by atoms with Gasteiger partial charge in [0, 0.05) is 24.3 Å². The highest BCUT2D eigenvalue weighted by molar-refractivity contribution is 6.31. The molecule has 1 fully saturated rings. The number of carbonyl (C=O) groups excluding carboxylic acids is 1. The SMILES string of the molecule is CNCC1CCCN(C(=O)c2cnn(Cc3ccccc3Cl)c2)C1. The van der Waals surface area contributed by atoms with Gasteiger partial charge in [0.2, 0.25) is 0 Å². The van der Waals surface area contributed by atoms with Gasteiger partial charge >= 0.3 is 0 Å². The van der Waals surface area contributed by atoms with Gasteiger partial charge in [0.1, 0.15) is 0 Å². The van der Waals surface area contributed by atoms with Crippen molar-refractivity contribution in [1.29, 1.82) is 0 Å². The summed E-state index contributed by atoms with van der Waals surface area (Å²) in [7, 11) is 1.96. The molecule has 0 saturated carbocycles. The Labute approximate surface area is 147 Å². The van der Waals surface area contributed by atoms with Crippen LogP contribution < -0.4 is 5.32 Å². The van der Waals surface area contributed by atoms with Crippen LogP contribution >= 0.6 is 11.6 Å². The number of aromatic nitrogens is 2. The summed E-state index contributed by atoms with van der Waals surface area (Å²) >= 11 is 6.19. The number of benzene rings is 1. The van der Waals surface area contributed by atoms with Gasteiger partial charge in [0.05, 0.1) is 18.3 Å². The number of hydrogen-bond donors (Lipinski definition) is 1. The summed E-state index contributed by atoms with van der Waals surface area (Å²) in [6, 6.07) is 7.69. The number of nitrogens with one attached hydrogen (secondary N) is 1. The van der Waals surface area contributed by atoms with Gasteiger partial charge in [-0.15, -0.1) is 0 Å². The van der Waals surface area contributed by atoms with Crippen molar-refractivity contribution in [1.82, 2.24) is 20.0 Å². The second kappa shape index (κ2) is 7.81. The third kappa shape index (κ3) is 3.97. The van der Waals surface area contributed by atoms with Crippen molar-refractivity contribution < 1.29 is 4.79 Å². The predicted molar refractivity (Wildman–Crippen MR) is 95.3 cm³/mol. The quantitative estimate of drug-likeness (QED) is 0.905. The lowest BCUT2D eigenvalue weighted by atomic mass is 9.97. The third-order valence-electron chi connectivity index (χ3n) is 4.47. The van der Waals surface area contributed by atoms with Crippen LogP contribution in [0.4, 0.5) is 0 Å². The van der Waals surface area contributed by atoms with E-state index in [1.54, 1.807) is 10.9 Å². The van der Waals surface area contributed by atoms with Crippen molar-refractivity contribution in [2.45, 2.75) is 19.4 Å². The maximum absolute atomic E-state index is 12.7. The third-order valence-corrected chi connectivity index (χ3v) is 4.84. The zero-order valence-electron chi connectivity index (χ0n) is 13.9. The van der Waals surface area contributed by atoms with Gasteiger partial charge in [-0.3, -0.25) is 9.48 Å². The number of piperidine rings is 1. The van der Waals surface area contributed by atoms with Crippen LogP contribution in [0.1, 0.15) is 28.8 Å². The van der Waals surface area contributed by atoms with Crippen LogP contribution in [-0.2, 0) is 6.54 Å². The molecule has 3 rings (SSSR count). The lowest BCUT2D eigenvalue weighted by Gasteiger charge is -2.32. The molecule has 1 N–H and O–H groups in total. The van der Waals surface area contributed by atoms with Gasteiger partial charge in [-0.1, -0.05) is 29.8 Å². The van der Waals surface area contributed by atoms with Crippen molar-refractivity contribution in [3.63, 3.8) is 0 Å². The molecule has 2 aromatic rings. The first-order valence-electron chi connectivity index (χ1n) is 8.37. The van der Waals surface area contributed by atoms with Gasteiger partial charge < -0.3 is 10.2 Å². The average Bonchev–Trinajstić information content (AvgIpc) is 3.05. The van der Waals surface area contributed by atoms with Crippen molar-refractivity contribution in [3.8, 4) is 0 Å². The first kappa shape index (κ1) is 17.0. The number of nitrogens with zero attached hydrogens (tertiary/aromatic N) is 3. The normalized spacial score (nSPS) is 17.9. The maximum atomic E-state index is 12.7. The van der Waals surface area contributed by atoms with Crippen LogP contribution in [0, 0.1) is 5.92 Å².